The Morgan fingerprint density at radius 3 is 2.26 bits per heavy atom. The number of imidazole rings is 1. The molecular formula is C29H51N7O8Si2. The maximum atomic E-state index is 13.1. The Morgan fingerprint density at radius 2 is 1.70 bits per heavy atom. The normalized spacial score (nSPS) is 24.4. The van der Waals surface area contributed by atoms with E-state index in [-0.39, 0.29) is 70.8 Å². The van der Waals surface area contributed by atoms with Crippen LogP contribution in [0.3, 0.4) is 0 Å². The van der Waals surface area contributed by atoms with E-state index in [1.54, 1.807) is 13.8 Å². The van der Waals surface area contributed by atoms with Gasteiger partial charge in [-0.05, 0) is 22.2 Å². The van der Waals surface area contributed by atoms with Crippen LogP contribution in [0.2, 0.25) is 22.2 Å². The third-order valence-corrected chi connectivity index (χ3v) is 19.0. The van der Waals surface area contributed by atoms with Crippen molar-refractivity contribution in [2.24, 2.45) is 11.7 Å². The number of alkyl carbamates (subject to hydrolysis) is 1. The summed E-state index contributed by atoms with van der Waals surface area (Å²) in [4.78, 5) is 49.9. The van der Waals surface area contributed by atoms with Gasteiger partial charge >= 0.3 is 23.2 Å². The highest BCUT2D eigenvalue weighted by molar-refractivity contribution is 6.84. The van der Waals surface area contributed by atoms with Gasteiger partial charge in [0.2, 0.25) is 11.9 Å². The van der Waals surface area contributed by atoms with Crippen molar-refractivity contribution < 1.29 is 32.0 Å². The third-order valence-electron chi connectivity index (χ3n) is 8.75. The summed E-state index contributed by atoms with van der Waals surface area (Å²) in [6.45, 7) is 21.0. The van der Waals surface area contributed by atoms with Crippen LogP contribution in [0.25, 0.3) is 11.2 Å². The predicted octanol–water partition coefficient (Wildman–Crippen LogP) is 3.62. The average molecular weight is 682 g/mol. The molecule has 17 heteroatoms. The van der Waals surface area contributed by atoms with E-state index >= 15 is 0 Å². The number of rotatable bonds is 10. The van der Waals surface area contributed by atoms with Gasteiger partial charge in [0.1, 0.15) is 12.2 Å². The number of amides is 2. The van der Waals surface area contributed by atoms with Gasteiger partial charge in [-0.3, -0.25) is 24.5 Å². The number of aromatic nitrogens is 4. The third kappa shape index (κ3) is 6.81. The molecule has 0 saturated carbocycles. The molecule has 2 saturated heterocycles. The minimum absolute atomic E-state index is 0.0198. The second kappa shape index (κ2) is 14.2. The molecule has 0 aromatic carbocycles. The summed E-state index contributed by atoms with van der Waals surface area (Å²) in [6.07, 6.45) is -2.75. The Hall–Kier alpha value is -2.68. The van der Waals surface area contributed by atoms with E-state index in [2.05, 4.69) is 81.0 Å². The topological polar surface area (TPSA) is 194 Å². The molecule has 2 aromatic rings. The zero-order chi connectivity index (χ0) is 34.1. The number of anilines is 1. The molecule has 2 aromatic heterocycles. The highest BCUT2D eigenvalue weighted by Crippen LogP contribution is 2.49. The number of hydrogen-bond acceptors (Lipinski definition) is 11. The monoisotopic (exact) mass is 681 g/mol. The number of nitrogens with two attached hydrogens (primary N) is 1. The van der Waals surface area contributed by atoms with Gasteiger partial charge in [0, 0.05) is 19.0 Å². The fraction of sp³-hybridized carbons (Fsp3) is 0.759. The summed E-state index contributed by atoms with van der Waals surface area (Å²) >= 11 is 0. The molecule has 258 valence electrons. The minimum Gasteiger partial charge on any atom is -0.439 e. The largest absolute Gasteiger partial charge is 0.439 e. The van der Waals surface area contributed by atoms with Crippen LogP contribution in [-0.2, 0) is 27.2 Å². The SMILES string of the molecule is CC(C)C(=O)Nc1nc2c(ncn2[C@@H]2O[C@@H]3CO[Si](C(C)C)(C(C)C)O[Si](C(C)C)(C(C)C)O[C@H]3[C@H]2OC(=O)NCCN)c(=O)[nH]1. The maximum Gasteiger partial charge on any atom is 0.407 e. The first-order chi connectivity index (χ1) is 21.6. The molecule has 15 nitrogen and oxygen atoms in total. The summed E-state index contributed by atoms with van der Waals surface area (Å²) in [5.74, 6) is -0.703. The van der Waals surface area contributed by atoms with Gasteiger partial charge in [0.15, 0.2) is 23.5 Å². The van der Waals surface area contributed by atoms with Crippen molar-refractivity contribution >= 4 is 46.2 Å². The smallest absolute Gasteiger partial charge is 0.407 e. The predicted molar refractivity (Wildman–Crippen MR) is 177 cm³/mol. The second-order valence-corrected chi connectivity index (χ2v) is 22.4. The van der Waals surface area contributed by atoms with E-state index in [1.165, 1.54) is 10.9 Å². The van der Waals surface area contributed by atoms with E-state index in [1.807, 2.05) is 0 Å². The molecule has 2 fully saturated rings. The molecule has 4 atom stereocenters. The van der Waals surface area contributed by atoms with Crippen molar-refractivity contribution in [3.8, 4) is 0 Å². The van der Waals surface area contributed by atoms with E-state index in [4.69, 9.17) is 28.2 Å². The zero-order valence-corrected chi connectivity index (χ0v) is 30.6. The number of carbonyl (C=O) groups is 2. The van der Waals surface area contributed by atoms with Crippen molar-refractivity contribution in [2.75, 3.05) is 25.0 Å². The van der Waals surface area contributed by atoms with Crippen molar-refractivity contribution in [2.45, 2.75) is 116 Å². The first-order valence-electron chi connectivity index (χ1n) is 16.2. The first-order valence-corrected chi connectivity index (χ1v) is 20.1. The number of aromatic amines is 1. The summed E-state index contributed by atoms with van der Waals surface area (Å²) in [6, 6.07) is 0. The molecule has 46 heavy (non-hydrogen) atoms. The van der Waals surface area contributed by atoms with E-state index in [0.29, 0.717) is 0 Å². The van der Waals surface area contributed by atoms with Crippen molar-refractivity contribution in [1.29, 1.82) is 0 Å². The van der Waals surface area contributed by atoms with Gasteiger partial charge in [-0.25, -0.2) is 9.78 Å². The molecule has 0 unspecified atom stereocenters. The van der Waals surface area contributed by atoms with Crippen molar-refractivity contribution in [3.63, 3.8) is 0 Å². The van der Waals surface area contributed by atoms with E-state index < -0.39 is 53.3 Å². The molecule has 5 N–H and O–H groups in total. The Balaban J connectivity index is 1.86. The molecule has 4 heterocycles. The lowest BCUT2D eigenvalue weighted by molar-refractivity contribution is -0.118. The van der Waals surface area contributed by atoms with Crippen LogP contribution in [0.1, 0.15) is 75.5 Å². The van der Waals surface area contributed by atoms with E-state index in [0.717, 1.165) is 0 Å². The molecule has 2 aliphatic heterocycles. The standard InChI is InChI=1S/C29H51N7O8Si2/c1-15(2)25(37)34-28-33-24-21(26(38)35-28)32-14-36(24)27-23(42-29(39)31-12-11-30)22-20(41-27)13-40-45(16(3)4,17(5)6)44-46(43-22,18(7)8)19(9)10/h14-20,22-23,27H,11-13,30H2,1-10H3,(H,31,39)(H2,33,34,35,37,38)/t20-,22-,23-,27-/m1/s1. The van der Waals surface area contributed by atoms with Crippen LogP contribution in [0.5, 0.6) is 0 Å². The van der Waals surface area contributed by atoms with E-state index in [9.17, 15) is 14.4 Å². The number of nitrogens with zero attached hydrogens (tertiary/aromatic N) is 3. The number of ether oxygens (including phenoxy) is 2. The highest BCUT2D eigenvalue weighted by atomic mass is 28.5. The van der Waals surface area contributed by atoms with Crippen molar-refractivity contribution in [3.05, 3.63) is 16.7 Å². The van der Waals surface area contributed by atoms with Gasteiger partial charge < -0.3 is 33.5 Å². The van der Waals surface area contributed by atoms with Crippen LogP contribution in [0, 0.1) is 5.92 Å². The summed E-state index contributed by atoms with van der Waals surface area (Å²) in [5.41, 5.74) is 5.53. The average Bonchev–Trinajstić information content (AvgIpc) is 3.52. The van der Waals surface area contributed by atoms with Crippen molar-refractivity contribution in [1.82, 2.24) is 24.8 Å². The fourth-order valence-electron chi connectivity index (χ4n) is 6.24. The maximum absolute atomic E-state index is 13.1. The number of carbonyl (C=O) groups excluding carboxylic acids is 2. The van der Waals surface area contributed by atoms with Gasteiger partial charge in [0.25, 0.3) is 5.56 Å². The summed E-state index contributed by atoms with van der Waals surface area (Å²) in [7, 11) is -6.00. The number of H-pyrrole nitrogens is 1. The van der Waals surface area contributed by atoms with Gasteiger partial charge in [-0.15, -0.1) is 0 Å². The molecule has 0 radical (unpaired) electrons. The Bertz CT molecular complexity index is 1430. The highest BCUT2D eigenvalue weighted by Gasteiger charge is 2.62. The molecule has 0 bridgehead atoms. The molecule has 2 amide bonds. The quantitative estimate of drug-likeness (QED) is 0.268. The molecular weight excluding hydrogens is 631 g/mol. The molecule has 0 spiro atoms. The lowest BCUT2D eigenvalue weighted by atomic mass is 10.1. The lowest BCUT2D eigenvalue weighted by Crippen LogP contribution is -2.66. The van der Waals surface area contributed by atoms with Crippen LogP contribution in [0.4, 0.5) is 10.7 Å². The fourth-order valence-corrected chi connectivity index (χ4v) is 17.5. The van der Waals surface area contributed by atoms with Gasteiger partial charge in [0.05, 0.1) is 12.9 Å². The van der Waals surface area contributed by atoms with Crippen LogP contribution in [0.15, 0.2) is 11.1 Å². The summed E-state index contributed by atoms with van der Waals surface area (Å²) < 4.78 is 35.6. The second-order valence-electron chi connectivity index (χ2n) is 13.6. The minimum atomic E-state index is -3.12. The zero-order valence-electron chi connectivity index (χ0n) is 28.6. The van der Waals surface area contributed by atoms with Gasteiger partial charge in [-0.2, -0.15) is 4.98 Å². The molecule has 4 rings (SSSR count). The number of fused-ring (bicyclic) bond motifs is 2. The first kappa shape index (κ1) is 36.2. The Labute approximate surface area is 272 Å². The number of nitrogens with one attached hydrogen (secondary N) is 3. The van der Waals surface area contributed by atoms with Crippen LogP contribution >= 0.6 is 0 Å². The Kier molecular flexibility index (Phi) is 11.2. The Morgan fingerprint density at radius 1 is 1.07 bits per heavy atom. The van der Waals surface area contributed by atoms with Crippen LogP contribution in [-0.4, -0.2) is 86.6 Å². The molecule has 0 aliphatic carbocycles. The number of hydrogen-bond donors (Lipinski definition) is 4. The van der Waals surface area contributed by atoms with Crippen LogP contribution < -0.4 is 21.9 Å². The molecule has 2 aliphatic rings. The van der Waals surface area contributed by atoms with Gasteiger partial charge in [-0.1, -0.05) is 69.2 Å². The summed E-state index contributed by atoms with van der Waals surface area (Å²) in [5, 5.41) is 5.30. The lowest BCUT2D eigenvalue weighted by Gasteiger charge is -2.51.